The molecule has 0 radical (unpaired) electrons. The van der Waals surface area contributed by atoms with Crippen molar-refractivity contribution in [2.45, 2.75) is 0 Å². The molecule has 2 heteroatoms. The normalized spacial score (nSPS) is 12.3. The largest absolute Gasteiger partial charge is 0.247 e. The monoisotopic (exact) mass is 530 g/mol. The lowest BCUT2D eigenvalue weighted by Gasteiger charge is -2.21. The molecule has 8 aromatic carbocycles. The van der Waals surface area contributed by atoms with Crippen LogP contribution in [0, 0.1) is 0 Å². The topological polar surface area (TPSA) is 25.8 Å². The molecule has 2 nitrogen and oxygen atoms in total. The van der Waals surface area contributed by atoms with Gasteiger partial charge in [-0.05, 0) is 55.9 Å². The van der Waals surface area contributed by atoms with Crippen LogP contribution < -0.4 is 0 Å². The van der Waals surface area contributed by atoms with E-state index < -0.39 is 0 Å². The Morgan fingerprint density at radius 2 is 0.667 bits per heavy atom. The van der Waals surface area contributed by atoms with Gasteiger partial charge < -0.3 is 0 Å². The second kappa shape index (κ2) is 7.99. The standard InChI is InChI=1S/C40H22N2/c1-3-11-23(12-4-1)33-25-15-7-9-17-27(25)39-35-29(33)19-21-31-37(35)38-32(41-39)22-20-30-34(24-13-5-2-6-14-24)26-16-8-10-18-28(26)40(42-31)36(30)38/h1-22H. The number of aromatic nitrogens is 2. The van der Waals surface area contributed by atoms with Crippen molar-refractivity contribution in [1.29, 1.82) is 0 Å². The predicted molar refractivity (Wildman–Crippen MR) is 178 cm³/mol. The van der Waals surface area contributed by atoms with Crippen molar-refractivity contribution in [2.75, 3.05) is 0 Å². The van der Waals surface area contributed by atoms with Crippen LogP contribution in [-0.2, 0) is 0 Å². The average molecular weight is 531 g/mol. The highest BCUT2D eigenvalue weighted by molar-refractivity contribution is 6.41. The summed E-state index contributed by atoms with van der Waals surface area (Å²) in [6.07, 6.45) is 0. The quantitative estimate of drug-likeness (QED) is 0.164. The van der Waals surface area contributed by atoms with Crippen molar-refractivity contribution in [3.8, 4) is 22.3 Å². The number of fused-ring (bicyclic) bond motifs is 4. The van der Waals surface area contributed by atoms with Gasteiger partial charge in [0.2, 0.25) is 0 Å². The van der Waals surface area contributed by atoms with Crippen LogP contribution in [0.5, 0.6) is 0 Å². The smallest absolute Gasteiger partial charge is 0.0801 e. The molecule has 42 heavy (non-hydrogen) atoms. The Morgan fingerprint density at radius 3 is 1.10 bits per heavy atom. The molecule has 0 amide bonds. The lowest BCUT2D eigenvalue weighted by atomic mass is 9.85. The van der Waals surface area contributed by atoms with Crippen LogP contribution in [0.2, 0.25) is 0 Å². The summed E-state index contributed by atoms with van der Waals surface area (Å²) in [6.45, 7) is 0. The van der Waals surface area contributed by atoms with Gasteiger partial charge in [-0.3, -0.25) is 0 Å². The van der Waals surface area contributed by atoms with Crippen LogP contribution in [0.1, 0.15) is 0 Å². The zero-order valence-electron chi connectivity index (χ0n) is 22.6. The summed E-state index contributed by atoms with van der Waals surface area (Å²) in [6, 6.07) is 47.9. The Balaban J connectivity index is 1.50. The van der Waals surface area contributed by atoms with E-state index in [1.807, 2.05) is 0 Å². The number of rotatable bonds is 2. The zero-order chi connectivity index (χ0) is 27.4. The van der Waals surface area contributed by atoms with Gasteiger partial charge in [0.1, 0.15) is 0 Å². The second-order valence-corrected chi connectivity index (χ2v) is 11.3. The predicted octanol–water partition coefficient (Wildman–Crippen LogP) is 10.8. The van der Waals surface area contributed by atoms with Crippen LogP contribution in [0.25, 0.3) is 98.2 Å². The molecule has 0 N–H and O–H groups in total. The minimum atomic E-state index is 1.02. The molecule has 0 aliphatic rings. The van der Waals surface area contributed by atoms with Crippen molar-refractivity contribution in [3.05, 3.63) is 133 Å². The number of hydrogen-bond donors (Lipinski definition) is 0. The van der Waals surface area contributed by atoms with Crippen molar-refractivity contribution in [2.24, 2.45) is 0 Å². The molecule has 0 atom stereocenters. The van der Waals surface area contributed by atoms with Gasteiger partial charge in [0.15, 0.2) is 0 Å². The van der Waals surface area contributed by atoms with E-state index in [-0.39, 0.29) is 0 Å². The third kappa shape index (κ3) is 2.74. The van der Waals surface area contributed by atoms with Crippen molar-refractivity contribution < 1.29 is 0 Å². The Labute approximate surface area is 241 Å². The molecule has 0 saturated heterocycles. The fourth-order valence-electron chi connectivity index (χ4n) is 7.46. The van der Waals surface area contributed by atoms with E-state index in [2.05, 4.69) is 133 Å². The van der Waals surface area contributed by atoms with Crippen molar-refractivity contribution >= 4 is 75.9 Å². The lowest BCUT2D eigenvalue weighted by molar-refractivity contribution is 1.50. The number of pyridine rings is 2. The first-order valence-corrected chi connectivity index (χ1v) is 14.4. The second-order valence-electron chi connectivity index (χ2n) is 11.3. The minimum Gasteiger partial charge on any atom is -0.247 e. The fraction of sp³-hybridized carbons (Fsp3) is 0. The molecular formula is C40H22N2. The average Bonchev–Trinajstić information content (AvgIpc) is 3.06. The maximum absolute atomic E-state index is 5.45. The maximum atomic E-state index is 5.45. The zero-order valence-corrected chi connectivity index (χ0v) is 22.6. The first-order chi connectivity index (χ1) is 20.9. The van der Waals surface area contributed by atoms with Gasteiger partial charge >= 0.3 is 0 Å². The van der Waals surface area contributed by atoms with E-state index in [0.717, 1.165) is 22.1 Å². The van der Waals surface area contributed by atoms with Crippen LogP contribution in [0.4, 0.5) is 0 Å². The molecule has 10 aromatic rings. The Kier molecular flexibility index (Phi) is 4.21. The molecule has 10 rings (SSSR count). The lowest BCUT2D eigenvalue weighted by Crippen LogP contribution is -1.98. The first-order valence-electron chi connectivity index (χ1n) is 14.4. The van der Waals surface area contributed by atoms with Gasteiger partial charge in [0.25, 0.3) is 0 Å². The van der Waals surface area contributed by atoms with Crippen LogP contribution >= 0.6 is 0 Å². The summed E-state index contributed by atoms with van der Waals surface area (Å²) in [5, 5.41) is 12.1. The molecule has 0 spiro atoms. The molecular weight excluding hydrogens is 508 g/mol. The van der Waals surface area contributed by atoms with Gasteiger partial charge in [-0.2, -0.15) is 0 Å². The van der Waals surface area contributed by atoms with E-state index in [9.17, 15) is 0 Å². The van der Waals surface area contributed by atoms with Gasteiger partial charge in [-0.1, -0.05) is 121 Å². The molecule has 0 aliphatic heterocycles. The number of nitrogens with zero attached hydrogens (tertiary/aromatic N) is 2. The molecule has 0 saturated carbocycles. The van der Waals surface area contributed by atoms with E-state index in [1.165, 1.54) is 76.1 Å². The van der Waals surface area contributed by atoms with Crippen molar-refractivity contribution in [1.82, 2.24) is 9.97 Å². The summed E-state index contributed by atoms with van der Waals surface area (Å²) in [4.78, 5) is 10.9. The first kappa shape index (κ1) is 22.1. The highest BCUT2D eigenvalue weighted by Gasteiger charge is 2.24. The van der Waals surface area contributed by atoms with Gasteiger partial charge in [-0.25, -0.2) is 9.97 Å². The van der Waals surface area contributed by atoms with Crippen molar-refractivity contribution in [3.63, 3.8) is 0 Å². The van der Waals surface area contributed by atoms with Crippen LogP contribution in [0.15, 0.2) is 133 Å². The molecule has 0 bridgehead atoms. The molecule has 0 fully saturated rings. The molecule has 2 aromatic heterocycles. The van der Waals surface area contributed by atoms with E-state index in [0.29, 0.717) is 0 Å². The Hall–Kier alpha value is -5.60. The molecule has 0 aliphatic carbocycles. The number of hydrogen-bond acceptors (Lipinski definition) is 2. The fourth-order valence-corrected chi connectivity index (χ4v) is 7.46. The van der Waals surface area contributed by atoms with Gasteiger partial charge in [0, 0.05) is 32.3 Å². The van der Waals surface area contributed by atoms with E-state index in [1.54, 1.807) is 0 Å². The van der Waals surface area contributed by atoms with Crippen LogP contribution in [-0.4, -0.2) is 9.97 Å². The summed E-state index contributed by atoms with van der Waals surface area (Å²) >= 11 is 0. The Morgan fingerprint density at radius 1 is 0.286 bits per heavy atom. The van der Waals surface area contributed by atoms with E-state index >= 15 is 0 Å². The maximum Gasteiger partial charge on any atom is 0.0801 e. The minimum absolute atomic E-state index is 1.02. The molecule has 192 valence electrons. The number of benzene rings is 8. The van der Waals surface area contributed by atoms with Gasteiger partial charge in [-0.15, -0.1) is 0 Å². The third-order valence-electron chi connectivity index (χ3n) is 9.12. The Bertz CT molecular complexity index is 2470. The highest BCUT2D eigenvalue weighted by Crippen LogP contribution is 2.49. The summed E-state index contributed by atoms with van der Waals surface area (Å²) < 4.78 is 0. The molecule has 0 unspecified atom stereocenters. The summed E-state index contributed by atoms with van der Waals surface area (Å²) in [5.41, 5.74) is 9.09. The van der Waals surface area contributed by atoms with E-state index in [4.69, 9.17) is 9.97 Å². The molecule has 2 heterocycles. The SMILES string of the molecule is c1ccc(-c2c3ccccc3c3nc4ccc5c(-c6ccccc6)c6ccccc6c6nc7ccc2c3c7c4c56)cc1. The third-order valence-corrected chi connectivity index (χ3v) is 9.12. The summed E-state index contributed by atoms with van der Waals surface area (Å²) in [7, 11) is 0. The van der Waals surface area contributed by atoms with Gasteiger partial charge in [0.05, 0.1) is 22.1 Å². The summed E-state index contributed by atoms with van der Waals surface area (Å²) in [5.74, 6) is 0. The van der Waals surface area contributed by atoms with Crippen LogP contribution in [0.3, 0.4) is 0 Å². The highest BCUT2D eigenvalue weighted by atomic mass is 14.7.